The molecule has 0 amide bonds. The van der Waals surface area contributed by atoms with Gasteiger partial charge in [0, 0.05) is 12.2 Å². The molecule has 0 atom stereocenters. The first-order valence-electron chi connectivity index (χ1n) is 5.33. The van der Waals surface area contributed by atoms with Crippen molar-refractivity contribution < 1.29 is 0 Å². The van der Waals surface area contributed by atoms with Crippen molar-refractivity contribution in [2.45, 2.75) is 39.7 Å². The van der Waals surface area contributed by atoms with Gasteiger partial charge < -0.3 is 10.7 Å². The SMILES string of the molecule is CC1(C)CCc2c(CN)nc(=S)[nH]c2C1. The third-order valence-electron chi connectivity index (χ3n) is 3.11. The molecule has 4 heteroatoms. The van der Waals surface area contributed by atoms with Gasteiger partial charge in [-0.2, -0.15) is 0 Å². The number of nitrogens with one attached hydrogen (secondary N) is 1. The van der Waals surface area contributed by atoms with Crippen LogP contribution in [0.2, 0.25) is 0 Å². The molecule has 1 aliphatic carbocycles. The highest BCUT2D eigenvalue weighted by molar-refractivity contribution is 7.71. The van der Waals surface area contributed by atoms with Crippen LogP contribution >= 0.6 is 12.2 Å². The van der Waals surface area contributed by atoms with E-state index in [0.29, 0.717) is 16.7 Å². The van der Waals surface area contributed by atoms with Crippen LogP contribution in [-0.4, -0.2) is 9.97 Å². The van der Waals surface area contributed by atoms with Crippen LogP contribution in [0.1, 0.15) is 37.2 Å². The van der Waals surface area contributed by atoms with Crippen LogP contribution in [0.25, 0.3) is 0 Å². The molecular formula is C11H17N3S. The summed E-state index contributed by atoms with van der Waals surface area (Å²) in [5, 5.41) is 0. The fraction of sp³-hybridized carbons (Fsp3) is 0.636. The number of aromatic amines is 1. The molecule has 3 nitrogen and oxygen atoms in total. The summed E-state index contributed by atoms with van der Waals surface area (Å²) in [6.07, 6.45) is 3.30. The zero-order valence-corrected chi connectivity index (χ0v) is 10.1. The van der Waals surface area contributed by atoms with Crippen molar-refractivity contribution in [3.8, 4) is 0 Å². The van der Waals surface area contributed by atoms with Crippen molar-refractivity contribution in [2.75, 3.05) is 0 Å². The Morgan fingerprint density at radius 1 is 1.53 bits per heavy atom. The van der Waals surface area contributed by atoms with Crippen LogP contribution in [0.5, 0.6) is 0 Å². The molecule has 15 heavy (non-hydrogen) atoms. The van der Waals surface area contributed by atoms with Crippen molar-refractivity contribution in [2.24, 2.45) is 11.1 Å². The van der Waals surface area contributed by atoms with E-state index in [1.54, 1.807) is 0 Å². The van der Waals surface area contributed by atoms with E-state index in [1.165, 1.54) is 17.7 Å². The molecule has 1 heterocycles. The number of nitrogens with zero attached hydrogens (tertiary/aromatic N) is 1. The average molecular weight is 223 g/mol. The van der Waals surface area contributed by atoms with Gasteiger partial charge in [-0.25, -0.2) is 4.98 Å². The van der Waals surface area contributed by atoms with Gasteiger partial charge in [-0.15, -0.1) is 0 Å². The second-order valence-corrected chi connectivity index (χ2v) is 5.38. The molecule has 0 aliphatic heterocycles. The summed E-state index contributed by atoms with van der Waals surface area (Å²) in [7, 11) is 0. The number of fused-ring (bicyclic) bond motifs is 1. The van der Waals surface area contributed by atoms with Gasteiger partial charge in [0.25, 0.3) is 0 Å². The summed E-state index contributed by atoms with van der Waals surface area (Å²) in [6.45, 7) is 5.06. The molecule has 0 bridgehead atoms. The summed E-state index contributed by atoms with van der Waals surface area (Å²) in [6, 6.07) is 0. The molecule has 0 radical (unpaired) electrons. The molecule has 3 N–H and O–H groups in total. The Morgan fingerprint density at radius 2 is 2.27 bits per heavy atom. The van der Waals surface area contributed by atoms with Crippen molar-refractivity contribution in [1.29, 1.82) is 0 Å². The molecule has 1 aromatic heterocycles. The second kappa shape index (κ2) is 3.68. The Bertz CT molecular complexity index is 434. The quantitative estimate of drug-likeness (QED) is 0.717. The summed E-state index contributed by atoms with van der Waals surface area (Å²) < 4.78 is 0.562. The highest BCUT2D eigenvalue weighted by atomic mass is 32.1. The van der Waals surface area contributed by atoms with Gasteiger partial charge in [-0.1, -0.05) is 13.8 Å². The van der Waals surface area contributed by atoms with Crippen LogP contribution in [0.4, 0.5) is 0 Å². The van der Waals surface area contributed by atoms with E-state index in [1.807, 2.05) is 0 Å². The molecule has 1 aliphatic rings. The van der Waals surface area contributed by atoms with E-state index >= 15 is 0 Å². The molecule has 0 aromatic carbocycles. The first-order valence-corrected chi connectivity index (χ1v) is 5.74. The summed E-state index contributed by atoms with van der Waals surface area (Å²) >= 11 is 5.10. The van der Waals surface area contributed by atoms with E-state index in [4.69, 9.17) is 18.0 Å². The highest BCUT2D eigenvalue weighted by Crippen LogP contribution is 2.34. The lowest BCUT2D eigenvalue weighted by molar-refractivity contribution is 0.309. The summed E-state index contributed by atoms with van der Waals surface area (Å²) in [5.41, 5.74) is 9.56. The summed E-state index contributed by atoms with van der Waals surface area (Å²) in [4.78, 5) is 7.49. The van der Waals surface area contributed by atoms with E-state index in [9.17, 15) is 0 Å². The van der Waals surface area contributed by atoms with Crippen LogP contribution in [0.3, 0.4) is 0 Å². The lowest BCUT2D eigenvalue weighted by Crippen LogP contribution is -2.25. The smallest absolute Gasteiger partial charge is 0.197 e. The Balaban J connectivity index is 2.51. The first kappa shape index (κ1) is 10.8. The van der Waals surface area contributed by atoms with Gasteiger partial charge in [0.15, 0.2) is 4.77 Å². The first-order chi connectivity index (χ1) is 7.02. The fourth-order valence-corrected chi connectivity index (χ4v) is 2.48. The van der Waals surface area contributed by atoms with Gasteiger partial charge in [-0.3, -0.25) is 0 Å². The predicted octanol–water partition coefficient (Wildman–Crippen LogP) is 2.11. The average Bonchev–Trinajstić information content (AvgIpc) is 2.14. The molecule has 0 saturated carbocycles. The second-order valence-electron chi connectivity index (χ2n) is 4.99. The third kappa shape index (κ3) is 2.11. The van der Waals surface area contributed by atoms with Crippen LogP contribution in [0.15, 0.2) is 0 Å². The van der Waals surface area contributed by atoms with Crippen molar-refractivity contribution in [1.82, 2.24) is 9.97 Å². The Hall–Kier alpha value is -0.740. The zero-order valence-electron chi connectivity index (χ0n) is 9.26. The molecule has 0 unspecified atom stereocenters. The van der Waals surface area contributed by atoms with Gasteiger partial charge >= 0.3 is 0 Å². The maximum atomic E-state index is 5.69. The molecule has 0 saturated heterocycles. The lowest BCUT2D eigenvalue weighted by Gasteiger charge is -2.31. The number of nitrogens with two attached hydrogens (primary N) is 1. The molecule has 2 rings (SSSR count). The molecule has 1 aromatic rings. The molecule has 0 spiro atoms. The topological polar surface area (TPSA) is 54.7 Å². The van der Waals surface area contributed by atoms with Crippen molar-refractivity contribution in [3.63, 3.8) is 0 Å². The van der Waals surface area contributed by atoms with Gasteiger partial charge in [-0.05, 0) is 42.5 Å². The standard InChI is InChI=1S/C11H17N3S/c1-11(2)4-3-7-8(5-11)13-10(15)14-9(7)6-12/h3-6,12H2,1-2H3,(H,13,14,15). The maximum absolute atomic E-state index is 5.69. The minimum atomic E-state index is 0.360. The highest BCUT2D eigenvalue weighted by Gasteiger charge is 2.27. The fourth-order valence-electron chi connectivity index (χ4n) is 2.24. The van der Waals surface area contributed by atoms with Crippen LogP contribution < -0.4 is 5.73 Å². The zero-order chi connectivity index (χ0) is 11.1. The molecule has 0 fully saturated rings. The maximum Gasteiger partial charge on any atom is 0.197 e. The van der Waals surface area contributed by atoms with Crippen molar-refractivity contribution in [3.05, 3.63) is 21.7 Å². The predicted molar refractivity (Wildman–Crippen MR) is 63.1 cm³/mol. The number of H-pyrrole nitrogens is 1. The number of rotatable bonds is 1. The van der Waals surface area contributed by atoms with E-state index in [0.717, 1.165) is 18.5 Å². The number of aromatic nitrogens is 2. The minimum Gasteiger partial charge on any atom is -0.334 e. The van der Waals surface area contributed by atoms with Crippen molar-refractivity contribution >= 4 is 12.2 Å². The Morgan fingerprint density at radius 3 is 2.93 bits per heavy atom. The largest absolute Gasteiger partial charge is 0.334 e. The lowest BCUT2D eigenvalue weighted by atomic mass is 9.76. The van der Waals surface area contributed by atoms with E-state index in [2.05, 4.69) is 23.8 Å². The minimum absolute atomic E-state index is 0.360. The van der Waals surface area contributed by atoms with Crippen LogP contribution in [0, 0.1) is 10.2 Å². The Kier molecular flexibility index (Phi) is 2.64. The van der Waals surface area contributed by atoms with E-state index < -0.39 is 0 Å². The van der Waals surface area contributed by atoms with E-state index in [-0.39, 0.29) is 0 Å². The Labute approximate surface area is 95.1 Å². The van der Waals surface area contributed by atoms with Gasteiger partial charge in [0.2, 0.25) is 0 Å². The normalized spacial score (nSPS) is 18.6. The monoisotopic (exact) mass is 223 g/mol. The molecule has 82 valence electrons. The van der Waals surface area contributed by atoms with Crippen LogP contribution in [-0.2, 0) is 19.4 Å². The number of hydrogen-bond acceptors (Lipinski definition) is 3. The number of hydrogen-bond donors (Lipinski definition) is 2. The van der Waals surface area contributed by atoms with Gasteiger partial charge in [0.1, 0.15) is 0 Å². The molecular weight excluding hydrogens is 206 g/mol. The third-order valence-corrected chi connectivity index (χ3v) is 3.30. The summed E-state index contributed by atoms with van der Waals surface area (Å²) in [5.74, 6) is 0. The van der Waals surface area contributed by atoms with Gasteiger partial charge in [0.05, 0.1) is 5.69 Å².